The quantitative estimate of drug-likeness (QED) is 0.547. The molecule has 3 aliphatic rings. The van der Waals surface area contributed by atoms with Gasteiger partial charge in [-0.1, -0.05) is 6.07 Å². The van der Waals surface area contributed by atoms with Crippen LogP contribution in [0.4, 0.5) is 10.1 Å². The second-order valence-electron chi connectivity index (χ2n) is 8.98. The average molecular weight is 490 g/mol. The highest BCUT2D eigenvalue weighted by molar-refractivity contribution is 6.05. The number of esters is 1. The summed E-state index contributed by atoms with van der Waals surface area (Å²) >= 11 is 0. The number of amides is 1. The van der Waals surface area contributed by atoms with Gasteiger partial charge in [0.25, 0.3) is 5.91 Å². The summed E-state index contributed by atoms with van der Waals surface area (Å²) < 4.78 is 36.2. The fourth-order valence-corrected chi connectivity index (χ4v) is 5.19. The highest BCUT2D eigenvalue weighted by Gasteiger charge is 2.44. The molecule has 6 rings (SSSR count). The Labute approximate surface area is 206 Å². The maximum atomic E-state index is 13.2. The van der Waals surface area contributed by atoms with Crippen LogP contribution in [0.2, 0.25) is 0 Å². The van der Waals surface area contributed by atoms with E-state index in [1.165, 1.54) is 24.3 Å². The van der Waals surface area contributed by atoms with Gasteiger partial charge in [-0.05, 0) is 61.5 Å². The lowest BCUT2D eigenvalue weighted by Gasteiger charge is -2.38. The summed E-state index contributed by atoms with van der Waals surface area (Å²) in [5.41, 5.74) is 3.84. The first-order valence-electron chi connectivity index (χ1n) is 11.6. The number of halogens is 1. The topological polar surface area (TPSA) is 86.3 Å². The minimum atomic E-state index is -0.576. The number of carbonyl (C=O) groups excluding carboxylic acids is 2. The molecule has 1 amide bonds. The van der Waals surface area contributed by atoms with Gasteiger partial charge in [-0.3, -0.25) is 9.69 Å². The minimum absolute atomic E-state index is 0.128. The predicted molar refractivity (Wildman–Crippen MR) is 127 cm³/mol. The smallest absolute Gasteiger partial charge is 0.339 e. The summed E-state index contributed by atoms with van der Waals surface area (Å²) in [4.78, 5) is 27.7. The van der Waals surface area contributed by atoms with Crippen LogP contribution < -0.4 is 19.5 Å². The van der Waals surface area contributed by atoms with Gasteiger partial charge in [0.2, 0.25) is 12.5 Å². The molecule has 8 nitrogen and oxygen atoms in total. The van der Waals surface area contributed by atoms with Crippen molar-refractivity contribution in [1.29, 1.82) is 0 Å². The molecule has 0 aromatic heterocycles. The molecule has 0 fully saturated rings. The number of hydrogen-bond acceptors (Lipinski definition) is 7. The molecule has 0 bridgehead atoms. The van der Waals surface area contributed by atoms with Crippen molar-refractivity contribution in [3.8, 4) is 17.2 Å². The number of ether oxygens (including phenoxy) is 4. The van der Waals surface area contributed by atoms with Crippen molar-refractivity contribution in [2.75, 3.05) is 32.8 Å². The third kappa shape index (κ3) is 3.54. The summed E-state index contributed by atoms with van der Waals surface area (Å²) in [5.74, 6) is 0.504. The lowest BCUT2D eigenvalue weighted by Crippen LogP contribution is -2.36. The van der Waals surface area contributed by atoms with Gasteiger partial charge >= 0.3 is 5.97 Å². The molecule has 0 saturated carbocycles. The maximum Gasteiger partial charge on any atom is 0.339 e. The van der Waals surface area contributed by atoms with Crippen molar-refractivity contribution >= 4 is 17.6 Å². The van der Waals surface area contributed by atoms with Gasteiger partial charge in [0.15, 0.2) is 11.5 Å². The maximum absolute atomic E-state index is 13.2. The third-order valence-electron chi connectivity index (χ3n) is 6.92. The van der Waals surface area contributed by atoms with Crippen molar-refractivity contribution in [3.63, 3.8) is 0 Å². The zero-order valence-electron chi connectivity index (χ0n) is 19.7. The Kier molecular flexibility index (Phi) is 5.30. The van der Waals surface area contributed by atoms with Gasteiger partial charge in [0.1, 0.15) is 11.9 Å². The number of cyclic esters (lactones) is 1. The normalized spacial score (nSPS) is 19.9. The molecule has 3 heterocycles. The Bertz CT molecular complexity index is 1390. The molecule has 0 saturated heterocycles. The largest absolute Gasteiger partial charge is 0.492 e. The summed E-state index contributed by atoms with van der Waals surface area (Å²) in [6, 6.07) is 12.1. The number of hydrogen-bond donors (Lipinski definition) is 1. The summed E-state index contributed by atoms with van der Waals surface area (Å²) in [7, 11) is 3.58. The van der Waals surface area contributed by atoms with Gasteiger partial charge < -0.3 is 24.3 Å². The Morgan fingerprint density at radius 1 is 1.14 bits per heavy atom. The van der Waals surface area contributed by atoms with E-state index in [2.05, 4.69) is 10.2 Å². The fourth-order valence-electron chi connectivity index (χ4n) is 5.19. The lowest BCUT2D eigenvalue weighted by molar-refractivity contribution is 0.00881. The number of nitrogens with one attached hydrogen (secondary N) is 1. The molecule has 184 valence electrons. The number of carbonyl (C=O) groups is 2. The highest BCUT2D eigenvalue weighted by Crippen LogP contribution is 2.54. The van der Waals surface area contributed by atoms with E-state index < -0.39 is 23.8 Å². The molecular weight excluding hydrogens is 467 g/mol. The van der Waals surface area contributed by atoms with Crippen LogP contribution in [0.1, 0.15) is 49.6 Å². The van der Waals surface area contributed by atoms with Crippen LogP contribution in [0.5, 0.6) is 17.2 Å². The molecule has 3 aromatic carbocycles. The van der Waals surface area contributed by atoms with Gasteiger partial charge in [-0.15, -0.1) is 0 Å². The molecule has 9 heteroatoms. The van der Waals surface area contributed by atoms with Gasteiger partial charge in [0.05, 0.1) is 18.7 Å². The van der Waals surface area contributed by atoms with Crippen LogP contribution in [-0.2, 0) is 11.2 Å². The fraction of sp³-hybridized carbons (Fsp3) is 0.259. The number of nitrogens with zero attached hydrogens (tertiary/aromatic N) is 1. The Morgan fingerprint density at radius 3 is 2.72 bits per heavy atom. The van der Waals surface area contributed by atoms with E-state index >= 15 is 0 Å². The Balaban J connectivity index is 1.35. The highest BCUT2D eigenvalue weighted by atomic mass is 19.1. The molecular formula is C27H23FN2O6. The molecule has 36 heavy (non-hydrogen) atoms. The van der Waals surface area contributed by atoms with Crippen LogP contribution >= 0.6 is 0 Å². The van der Waals surface area contributed by atoms with Crippen molar-refractivity contribution in [2.24, 2.45) is 0 Å². The zero-order valence-corrected chi connectivity index (χ0v) is 19.7. The first kappa shape index (κ1) is 22.4. The second-order valence-corrected chi connectivity index (χ2v) is 8.98. The zero-order chi connectivity index (χ0) is 25.0. The molecule has 2 atom stereocenters. The summed E-state index contributed by atoms with van der Waals surface area (Å²) in [5, 5.41) is 2.76. The molecule has 0 spiro atoms. The van der Waals surface area contributed by atoms with E-state index in [-0.39, 0.29) is 12.8 Å². The number of anilines is 1. The standard InChI is InChI=1S/C27H23FN2O6/c1-30-10-9-15-11-20-24(35-13-34-20)25(33-2)21(15)22(30)23-18-8-7-17(12-19(18)27(32)36-23)29-26(31)14-3-5-16(28)6-4-14/h3-8,11-12,22-23H,9-10,13H2,1-2H3,(H,29,31). The van der Waals surface area contributed by atoms with E-state index in [0.29, 0.717) is 34.1 Å². The molecule has 3 aliphatic heterocycles. The first-order chi connectivity index (χ1) is 17.4. The Morgan fingerprint density at radius 2 is 1.94 bits per heavy atom. The number of rotatable bonds is 4. The number of fused-ring (bicyclic) bond motifs is 3. The summed E-state index contributed by atoms with van der Waals surface area (Å²) in [6.07, 6.45) is 0.213. The number of methoxy groups -OCH3 is 1. The van der Waals surface area contributed by atoms with E-state index in [0.717, 1.165) is 29.7 Å². The molecule has 1 N–H and O–H groups in total. The minimum Gasteiger partial charge on any atom is -0.492 e. The molecule has 2 unspecified atom stereocenters. The van der Waals surface area contributed by atoms with Crippen LogP contribution in [0, 0.1) is 5.82 Å². The first-order valence-corrected chi connectivity index (χ1v) is 11.6. The van der Waals surface area contributed by atoms with Crippen molar-refractivity contribution in [2.45, 2.75) is 18.6 Å². The van der Waals surface area contributed by atoms with Gasteiger partial charge in [0, 0.05) is 28.9 Å². The van der Waals surface area contributed by atoms with Crippen LogP contribution in [-0.4, -0.2) is 44.3 Å². The SMILES string of the molecule is COc1c2c(cc3c1C(C1OC(=O)c4cc(NC(=O)c5ccc(F)cc5)ccc41)N(C)CC3)OCO2. The van der Waals surface area contributed by atoms with Crippen LogP contribution in [0.15, 0.2) is 48.5 Å². The second kappa shape index (κ2) is 8.53. The van der Waals surface area contributed by atoms with Crippen molar-refractivity contribution < 1.29 is 32.9 Å². The molecule has 0 aliphatic carbocycles. The van der Waals surface area contributed by atoms with E-state index in [4.69, 9.17) is 18.9 Å². The van der Waals surface area contributed by atoms with Crippen molar-refractivity contribution in [3.05, 3.63) is 82.2 Å². The third-order valence-corrected chi connectivity index (χ3v) is 6.92. The predicted octanol–water partition coefficient (Wildman–Crippen LogP) is 4.26. The van der Waals surface area contributed by atoms with Crippen LogP contribution in [0.25, 0.3) is 0 Å². The lowest BCUT2D eigenvalue weighted by atomic mass is 9.85. The number of benzene rings is 3. The van der Waals surface area contributed by atoms with Crippen molar-refractivity contribution in [1.82, 2.24) is 4.90 Å². The Hall–Kier alpha value is -4.11. The number of likely N-dealkylation sites (N-methyl/N-ethyl adjacent to an activating group) is 1. The van der Waals surface area contributed by atoms with Gasteiger partial charge in [-0.25, -0.2) is 9.18 Å². The van der Waals surface area contributed by atoms with E-state index in [9.17, 15) is 14.0 Å². The molecule has 3 aromatic rings. The van der Waals surface area contributed by atoms with E-state index in [1.807, 2.05) is 13.1 Å². The average Bonchev–Trinajstić information content (AvgIpc) is 3.47. The summed E-state index contributed by atoms with van der Waals surface area (Å²) in [6.45, 7) is 0.887. The van der Waals surface area contributed by atoms with Crippen LogP contribution in [0.3, 0.4) is 0 Å². The molecule has 0 radical (unpaired) electrons. The monoisotopic (exact) mass is 490 g/mol. The van der Waals surface area contributed by atoms with Gasteiger partial charge in [-0.2, -0.15) is 0 Å². The van der Waals surface area contributed by atoms with E-state index in [1.54, 1.807) is 25.3 Å².